The zero-order valence-corrected chi connectivity index (χ0v) is 15.1. The van der Waals surface area contributed by atoms with Crippen LogP contribution in [0.15, 0.2) is 67.0 Å². The Balaban J connectivity index is 1.53. The summed E-state index contributed by atoms with van der Waals surface area (Å²) in [6.45, 7) is 3.30. The van der Waals surface area contributed by atoms with Crippen LogP contribution < -0.4 is 15.2 Å². The van der Waals surface area contributed by atoms with Gasteiger partial charge in [-0.1, -0.05) is 0 Å². The molecule has 3 aromatic rings. The number of benzene rings is 2. The van der Waals surface area contributed by atoms with E-state index in [1.54, 1.807) is 12.3 Å². The highest BCUT2D eigenvalue weighted by Gasteiger charge is 2.02. The Hall–Kier alpha value is -3.54. The van der Waals surface area contributed by atoms with Crippen molar-refractivity contribution in [2.75, 3.05) is 6.61 Å². The fourth-order valence-electron chi connectivity index (χ4n) is 2.54. The van der Waals surface area contributed by atoms with Crippen molar-refractivity contribution in [2.45, 2.75) is 13.5 Å². The largest absolute Gasteiger partial charge is 0.492 e. The molecule has 6 nitrogen and oxygen atoms in total. The van der Waals surface area contributed by atoms with E-state index in [0.717, 1.165) is 29.4 Å². The number of nitrogens with one attached hydrogen (secondary N) is 1. The molecular formula is C21H22N4O2. The fourth-order valence-corrected chi connectivity index (χ4v) is 2.54. The Morgan fingerprint density at radius 3 is 2.30 bits per heavy atom. The predicted octanol–water partition coefficient (Wildman–Crippen LogP) is 4.01. The third-order valence-electron chi connectivity index (χ3n) is 4.03. The van der Waals surface area contributed by atoms with E-state index in [4.69, 9.17) is 20.6 Å². The number of rotatable bonds is 8. The molecule has 6 heteroatoms. The van der Waals surface area contributed by atoms with Gasteiger partial charge in [-0.15, -0.1) is 0 Å². The van der Waals surface area contributed by atoms with Crippen LogP contribution in [0.4, 0.5) is 0 Å². The van der Waals surface area contributed by atoms with Crippen LogP contribution in [0.2, 0.25) is 0 Å². The minimum Gasteiger partial charge on any atom is -0.492 e. The van der Waals surface area contributed by atoms with Gasteiger partial charge in [0.25, 0.3) is 0 Å². The lowest BCUT2D eigenvalue weighted by Gasteiger charge is -2.10. The molecule has 0 fully saturated rings. The first kappa shape index (κ1) is 18.3. The molecule has 0 aliphatic carbocycles. The van der Waals surface area contributed by atoms with Crippen molar-refractivity contribution < 1.29 is 9.47 Å². The summed E-state index contributed by atoms with van der Waals surface area (Å²) < 4.78 is 13.6. The van der Waals surface area contributed by atoms with Gasteiger partial charge < -0.3 is 25.2 Å². The van der Waals surface area contributed by atoms with Gasteiger partial charge in [-0.05, 0) is 67.1 Å². The second-order valence-corrected chi connectivity index (χ2v) is 5.90. The summed E-state index contributed by atoms with van der Waals surface area (Å²) >= 11 is 0. The molecule has 0 spiro atoms. The van der Waals surface area contributed by atoms with Crippen LogP contribution in [0.5, 0.6) is 17.2 Å². The van der Waals surface area contributed by atoms with Crippen molar-refractivity contribution in [1.82, 2.24) is 9.55 Å². The van der Waals surface area contributed by atoms with Gasteiger partial charge in [0.1, 0.15) is 29.7 Å². The summed E-state index contributed by atoms with van der Waals surface area (Å²) in [6.07, 6.45) is 6.44. The van der Waals surface area contributed by atoms with Crippen molar-refractivity contribution in [2.24, 2.45) is 5.73 Å². The Kier molecular flexibility index (Phi) is 5.89. The van der Waals surface area contributed by atoms with Crippen LogP contribution in [0.25, 0.3) is 5.70 Å². The third-order valence-corrected chi connectivity index (χ3v) is 4.03. The van der Waals surface area contributed by atoms with Gasteiger partial charge in [0.05, 0.1) is 6.54 Å². The van der Waals surface area contributed by atoms with Gasteiger partial charge >= 0.3 is 0 Å². The minimum atomic E-state index is 0.545. The quantitative estimate of drug-likeness (QED) is 0.593. The maximum Gasteiger partial charge on any atom is 0.127 e. The fraction of sp³-hybridized carbons (Fsp3) is 0.143. The SMILES string of the molecule is Cc1nccn1CCOc1ccc(Oc2ccc(/C(N)=C/C=N)cc2)cc1. The van der Waals surface area contributed by atoms with Gasteiger partial charge in [0.2, 0.25) is 0 Å². The maximum absolute atomic E-state index is 7.06. The highest BCUT2D eigenvalue weighted by molar-refractivity contribution is 5.81. The molecule has 3 rings (SSSR count). The Morgan fingerprint density at radius 2 is 1.70 bits per heavy atom. The summed E-state index contributed by atoms with van der Waals surface area (Å²) in [5.41, 5.74) is 7.25. The molecule has 3 N–H and O–H groups in total. The zero-order valence-electron chi connectivity index (χ0n) is 15.1. The first-order chi connectivity index (χ1) is 13.2. The molecule has 138 valence electrons. The Morgan fingerprint density at radius 1 is 1.07 bits per heavy atom. The third kappa shape index (κ3) is 4.98. The molecule has 0 aliphatic heterocycles. The number of aromatic nitrogens is 2. The molecule has 0 atom stereocenters. The molecule has 27 heavy (non-hydrogen) atoms. The van der Waals surface area contributed by atoms with E-state index < -0.39 is 0 Å². The van der Waals surface area contributed by atoms with Crippen LogP contribution in [0.1, 0.15) is 11.4 Å². The first-order valence-corrected chi connectivity index (χ1v) is 8.61. The highest BCUT2D eigenvalue weighted by Crippen LogP contribution is 2.25. The number of nitrogens with zero attached hydrogens (tertiary/aromatic N) is 2. The van der Waals surface area contributed by atoms with Gasteiger partial charge in [0, 0.05) is 24.3 Å². The standard InChI is InChI=1S/C21H22N4O2/c1-16-24-12-13-25(16)14-15-26-18-6-8-20(9-7-18)27-19-4-2-17(3-5-19)21(23)10-11-22/h2-13,22H,14-15,23H2,1H3/b21-10-,22-11?. The molecule has 0 saturated heterocycles. The van der Waals surface area contributed by atoms with Crippen molar-refractivity contribution >= 4 is 11.9 Å². The van der Waals surface area contributed by atoms with E-state index in [1.165, 1.54) is 6.21 Å². The van der Waals surface area contributed by atoms with Gasteiger partial charge in [-0.25, -0.2) is 4.98 Å². The smallest absolute Gasteiger partial charge is 0.127 e. The second-order valence-electron chi connectivity index (χ2n) is 5.90. The summed E-state index contributed by atoms with van der Waals surface area (Å²) in [5, 5.41) is 7.06. The highest BCUT2D eigenvalue weighted by atomic mass is 16.5. The molecule has 0 amide bonds. The molecule has 1 aromatic heterocycles. The van der Waals surface area contributed by atoms with Crippen LogP contribution in [0, 0.1) is 12.3 Å². The van der Waals surface area contributed by atoms with Crippen molar-refractivity contribution in [3.63, 3.8) is 0 Å². The topological polar surface area (TPSA) is 86.2 Å². The average molecular weight is 362 g/mol. The van der Waals surface area contributed by atoms with Crippen LogP contribution in [-0.2, 0) is 6.54 Å². The molecule has 0 radical (unpaired) electrons. The molecule has 0 unspecified atom stereocenters. The first-order valence-electron chi connectivity index (χ1n) is 8.61. The zero-order chi connectivity index (χ0) is 19.1. The van der Waals surface area contributed by atoms with Crippen LogP contribution in [-0.4, -0.2) is 22.4 Å². The van der Waals surface area contributed by atoms with E-state index in [2.05, 4.69) is 4.98 Å². The van der Waals surface area contributed by atoms with E-state index in [0.29, 0.717) is 18.1 Å². The molecule has 0 bridgehead atoms. The molecule has 2 aromatic carbocycles. The summed E-state index contributed by atoms with van der Waals surface area (Å²) in [6, 6.07) is 14.9. The normalized spacial score (nSPS) is 11.2. The van der Waals surface area contributed by atoms with Gasteiger partial charge in [-0.3, -0.25) is 0 Å². The van der Waals surface area contributed by atoms with Crippen molar-refractivity contribution in [3.8, 4) is 17.2 Å². The van der Waals surface area contributed by atoms with Crippen molar-refractivity contribution in [1.29, 1.82) is 5.41 Å². The van der Waals surface area contributed by atoms with Gasteiger partial charge in [0.15, 0.2) is 0 Å². The lowest BCUT2D eigenvalue weighted by atomic mass is 10.1. The maximum atomic E-state index is 7.06. The number of aryl methyl sites for hydroxylation is 1. The number of allylic oxidation sites excluding steroid dienone is 1. The monoisotopic (exact) mass is 362 g/mol. The number of ether oxygens (including phenoxy) is 2. The van der Waals surface area contributed by atoms with E-state index >= 15 is 0 Å². The Labute approximate surface area is 158 Å². The molecular weight excluding hydrogens is 340 g/mol. The molecule has 0 aliphatic rings. The van der Waals surface area contributed by atoms with Crippen molar-refractivity contribution in [3.05, 3.63) is 78.4 Å². The number of imidazole rings is 1. The minimum absolute atomic E-state index is 0.545. The van der Waals surface area contributed by atoms with E-state index in [9.17, 15) is 0 Å². The summed E-state index contributed by atoms with van der Waals surface area (Å²) in [5.74, 6) is 3.21. The number of hydrogen-bond donors (Lipinski definition) is 2. The summed E-state index contributed by atoms with van der Waals surface area (Å²) in [4.78, 5) is 4.19. The average Bonchev–Trinajstić information content (AvgIpc) is 3.09. The Bertz CT molecular complexity index is 912. The number of hydrogen-bond acceptors (Lipinski definition) is 5. The number of nitrogens with two attached hydrogens (primary N) is 1. The second kappa shape index (κ2) is 8.71. The van der Waals surface area contributed by atoms with E-state index in [1.807, 2.05) is 66.2 Å². The molecule has 0 saturated carbocycles. The van der Waals surface area contributed by atoms with Crippen LogP contribution in [0.3, 0.4) is 0 Å². The lowest BCUT2D eigenvalue weighted by molar-refractivity contribution is 0.296. The van der Waals surface area contributed by atoms with Gasteiger partial charge in [-0.2, -0.15) is 0 Å². The molecule has 1 heterocycles. The van der Waals surface area contributed by atoms with Crippen LogP contribution >= 0.6 is 0 Å². The lowest BCUT2D eigenvalue weighted by Crippen LogP contribution is -2.08. The summed E-state index contributed by atoms with van der Waals surface area (Å²) in [7, 11) is 0. The van der Waals surface area contributed by atoms with E-state index in [-0.39, 0.29) is 0 Å². The predicted molar refractivity (Wildman–Crippen MR) is 106 cm³/mol.